The predicted octanol–water partition coefficient (Wildman–Crippen LogP) is 6.33. The molecule has 0 unspecified atom stereocenters. The summed E-state index contributed by atoms with van der Waals surface area (Å²) in [6.07, 6.45) is 6.46. The van der Waals surface area contributed by atoms with Gasteiger partial charge in [0.25, 0.3) is 0 Å². The smallest absolute Gasteiger partial charge is 0.0258 e. The summed E-state index contributed by atoms with van der Waals surface area (Å²) in [4.78, 5) is 11.1. The zero-order valence-electron chi connectivity index (χ0n) is 14.4. The molecule has 0 amide bonds. The maximum absolute atomic E-state index is 8.42. The van der Waals surface area contributed by atoms with Crippen LogP contribution in [0.2, 0.25) is 0 Å². The van der Waals surface area contributed by atoms with Gasteiger partial charge in [-0.25, -0.2) is 0 Å². The predicted molar refractivity (Wildman–Crippen MR) is 95.4 cm³/mol. The van der Waals surface area contributed by atoms with E-state index in [1.54, 1.807) is 0 Å². The van der Waals surface area contributed by atoms with Crippen LogP contribution in [0.4, 0.5) is 0 Å². The van der Waals surface area contributed by atoms with Gasteiger partial charge >= 0.3 is 0 Å². The van der Waals surface area contributed by atoms with Crippen molar-refractivity contribution < 1.29 is 0 Å². The van der Waals surface area contributed by atoms with Crippen molar-refractivity contribution in [3.05, 3.63) is 41.8 Å². The fourth-order valence-electron chi connectivity index (χ4n) is 3.03. The fraction of sp³-hybridized carbons (Fsp3) is 1.00. The minimum atomic E-state index is -0.0358. The van der Waals surface area contributed by atoms with Crippen LogP contribution in [0.25, 0.3) is 41.8 Å². The standard InChI is InChI=1S/C13H24N12/c14-22-18-9-1-5-13(6-2-10-19-23-15,7-3-11-20-24-16)8-4-12-21-25-17/h1-12H2. The molecular weight excluding hydrogens is 324 g/mol. The van der Waals surface area contributed by atoms with E-state index in [2.05, 4.69) is 40.1 Å². The highest BCUT2D eigenvalue weighted by Gasteiger charge is 2.28. The van der Waals surface area contributed by atoms with Crippen LogP contribution in [-0.2, 0) is 0 Å². The maximum atomic E-state index is 8.42. The van der Waals surface area contributed by atoms with Crippen molar-refractivity contribution in [1.29, 1.82) is 0 Å². The summed E-state index contributed by atoms with van der Waals surface area (Å²) in [5, 5.41) is 14.3. The van der Waals surface area contributed by atoms with Crippen molar-refractivity contribution in [2.45, 2.75) is 51.4 Å². The van der Waals surface area contributed by atoms with Gasteiger partial charge in [-0.2, -0.15) is 0 Å². The number of azide groups is 4. The third-order valence-electron chi connectivity index (χ3n) is 4.11. The van der Waals surface area contributed by atoms with E-state index in [-0.39, 0.29) is 5.41 Å². The van der Waals surface area contributed by atoms with Gasteiger partial charge in [0, 0.05) is 45.8 Å². The van der Waals surface area contributed by atoms with Crippen molar-refractivity contribution in [2.24, 2.45) is 25.9 Å². The summed E-state index contributed by atoms with van der Waals surface area (Å²) >= 11 is 0. The lowest BCUT2D eigenvalue weighted by Crippen LogP contribution is -2.23. The zero-order chi connectivity index (χ0) is 18.6. The van der Waals surface area contributed by atoms with Gasteiger partial charge in [0.2, 0.25) is 0 Å². The molecule has 0 atom stereocenters. The Bertz CT molecular complexity index is 446. The monoisotopic (exact) mass is 348 g/mol. The fourth-order valence-corrected chi connectivity index (χ4v) is 3.03. The molecule has 0 saturated carbocycles. The Kier molecular flexibility index (Phi) is 14.3. The molecule has 0 aliphatic carbocycles. The third-order valence-corrected chi connectivity index (χ3v) is 4.11. The van der Waals surface area contributed by atoms with Crippen LogP contribution >= 0.6 is 0 Å². The molecule has 0 aliphatic heterocycles. The van der Waals surface area contributed by atoms with Crippen molar-refractivity contribution in [3.63, 3.8) is 0 Å². The summed E-state index contributed by atoms with van der Waals surface area (Å²) in [6, 6.07) is 0. The van der Waals surface area contributed by atoms with E-state index in [0.29, 0.717) is 26.2 Å². The first-order chi connectivity index (χ1) is 12.2. The first-order valence-corrected chi connectivity index (χ1v) is 8.28. The average molecular weight is 348 g/mol. The second-order valence-corrected chi connectivity index (χ2v) is 5.73. The highest BCUT2D eigenvalue weighted by Crippen LogP contribution is 2.40. The molecule has 136 valence electrons. The van der Waals surface area contributed by atoms with Crippen LogP contribution in [0.15, 0.2) is 20.5 Å². The number of hydrogen-bond donors (Lipinski definition) is 0. The average Bonchev–Trinajstić information content (AvgIpc) is 2.63. The van der Waals surface area contributed by atoms with Crippen LogP contribution in [-0.4, -0.2) is 26.2 Å². The van der Waals surface area contributed by atoms with Crippen molar-refractivity contribution in [2.75, 3.05) is 26.2 Å². The van der Waals surface area contributed by atoms with Crippen molar-refractivity contribution in [1.82, 2.24) is 0 Å². The first kappa shape index (κ1) is 22.2. The van der Waals surface area contributed by atoms with Crippen molar-refractivity contribution >= 4 is 0 Å². The van der Waals surface area contributed by atoms with Crippen LogP contribution in [0, 0.1) is 5.41 Å². The molecule has 0 aliphatic rings. The summed E-state index contributed by atoms with van der Waals surface area (Å²) in [5.41, 5.74) is 33.6. The minimum absolute atomic E-state index is 0.0358. The molecule has 0 aromatic carbocycles. The SMILES string of the molecule is [N-]=[N+]=NCCCC(CCCN=[N+]=[N-])(CCCN=[N+]=[N-])CCCN=[N+]=[N-]. The van der Waals surface area contributed by atoms with E-state index >= 15 is 0 Å². The zero-order valence-corrected chi connectivity index (χ0v) is 14.4. The summed E-state index contributed by atoms with van der Waals surface area (Å²) < 4.78 is 0. The van der Waals surface area contributed by atoms with E-state index in [1.807, 2.05) is 0 Å². The number of hydrogen-bond acceptors (Lipinski definition) is 4. The maximum Gasteiger partial charge on any atom is 0.0258 e. The lowest BCUT2D eigenvalue weighted by molar-refractivity contribution is 0.184. The molecule has 0 rings (SSSR count). The van der Waals surface area contributed by atoms with E-state index in [9.17, 15) is 0 Å². The van der Waals surface area contributed by atoms with Gasteiger partial charge in [0.05, 0.1) is 0 Å². The van der Waals surface area contributed by atoms with Gasteiger partial charge in [0.1, 0.15) is 0 Å². The minimum Gasteiger partial charge on any atom is -0.0940 e. The normalized spacial score (nSPS) is 11.8. The summed E-state index contributed by atoms with van der Waals surface area (Å²) in [5.74, 6) is 0. The summed E-state index contributed by atoms with van der Waals surface area (Å²) in [7, 11) is 0. The van der Waals surface area contributed by atoms with E-state index in [4.69, 9.17) is 22.1 Å². The quantitative estimate of drug-likeness (QED) is 0.130. The molecule has 0 aromatic heterocycles. The lowest BCUT2D eigenvalue weighted by atomic mass is 9.72. The molecule has 0 saturated heterocycles. The van der Waals surface area contributed by atoms with Gasteiger partial charge in [-0.3, -0.25) is 0 Å². The van der Waals surface area contributed by atoms with Crippen LogP contribution in [0.1, 0.15) is 51.4 Å². The highest BCUT2D eigenvalue weighted by molar-refractivity contribution is 4.81. The molecule has 0 N–H and O–H groups in total. The van der Waals surface area contributed by atoms with Gasteiger partial charge in [-0.05, 0) is 78.9 Å². The number of rotatable bonds is 16. The summed E-state index contributed by atoms with van der Waals surface area (Å²) in [6.45, 7) is 1.73. The first-order valence-electron chi connectivity index (χ1n) is 8.28. The molecule has 0 spiro atoms. The topological polar surface area (TPSA) is 195 Å². The van der Waals surface area contributed by atoms with Crippen LogP contribution < -0.4 is 0 Å². The largest absolute Gasteiger partial charge is 0.0940 e. The van der Waals surface area contributed by atoms with Crippen LogP contribution in [0.5, 0.6) is 0 Å². The van der Waals surface area contributed by atoms with Gasteiger partial charge in [0.15, 0.2) is 0 Å². The van der Waals surface area contributed by atoms with E-state index in [0.717, 1.165) is 51.4 Å². The molecule has 12 nitrogen and oxygen atoms in total. The lowest BCUT2D eigenvalue weighted by Gasteiger charge is -2.34. The number of nitrogens with zero attached hydrogens (tertiary/aromatic N) is 12. The molecule has 0 fully saturated rings. The Morgan fingerprint density at radius 3 is 0.920 bits per heavy atom. The second kappa shape index (κ2) is 16.1. The molecular formula is C13H24N12. The van der Waals surface area contributed by atoms with Gasteiger partial charge < -0.3 is 0 Å². The Balaban J connectivity index is 4.94. The molecule has 12 heteroatoms. The molecule has 0 aromatic rings. The van der Waals surface area contributed by atoms with Crippen LogP contribution in [0.3, 0.4) is 0 Å². The Morgan fingerprint density at radius 1 is 0.480 bits per heavy atom. The molecule has 0 bridgehead atoms. The van der Waals surface area contributed by atoms with E-state index < -0.39 is 0 Å². The highest BCUT2D eigenvalue weighted by atomic mass is 15.1. The Labute approximate surface area is 146 Å². The van der Waals surface area contributed by atoms with Crippen molar-refractivity contribution in [3.8, 4) is 0 Å². The van der Waals surface area contributed by atoms with Gasteiger partial charge in [-0.15, -0.1) is 0 Å². The van der Waals surface area contributed by atoms with Gasteiger partial charge in [-0.1, -0.05) is 20.5 Å². The molecule has 0 heterocycles. The second-order valence-electron chi connectivity index (χ2n) is 5.73. The Hall–Kier alpha value is -2.76. The third kappa shape index (κ3) is 12.3. The molecule has 0 radical (unpaired) electrons. The molecule has 25 heavy (non-hydrogen) atoms. The van der Waals surface area contributed by atoms with E-state index in [1.165, 1.54) is 0 Å². The Morgan fingerprint density at radius 2 is 0.720 bits per heavy atom.